The molecule has 2 atom stereocenters. The second-order valence-corrected chi connectivity index (χ2v) is 3.19. The van der Waals surface area contributed by atoms with Crippen molar-refractivity contribution in [3.8, 4) is 0 Å². The van der Waals surface area contributed by atoms with Crippen molar-refractivity contribution in [2.75, 3.05) is 0 Å². The van der Waals surface area contributed by atoms with Gasteiger partial charge >= 0.3 is 0 Å². The highest BCUT2D eigenvalue weighted by Gasteiger charge is 2.15. The first-order chi connectivity index (χ1) is 4.74. The number of carbonyl (C=O) groups excluding carboxylic acids is 1. The molecule has 0 amide bonds. The first-order valence-electron chi connectivity index (χ1n) is 3.87. The summed E-state index contributed by atoms with van der Waals surface area (Å²) >= 11 is 0. The molecule has 0 saturated heterocycles. The molecule has 1 nitrogen and oxygen atoms in total. The summed E-state index contributed by atoms with van der Waals surface area (Å²) in [6.45, 7) is 4.33. The van der Waals surface area contributed by atoms with E-state index in [1.807, 2.05) is 0 Å². The van der Waals surface area contributed by atoms with E-state index in [0.717, 1.165) is 12.7 Å². The molecule has 1 rings (SSSR count). The van der Waals surface area contributed by atoms with Crippen LogP contribution in [0.5, 0.6) is 0 Å². The average molecular weight is 138 g/mol. The number of carbonyl (C=O) groups is 1. The molecule has 0 N–H and O–H groups in total. The summed E-state index contributed by atoms with van der Waals surface area (Å²) in [6, 6.07) is 0. The number of aldehydes is 1. The van der Waals surface area contributed by atoms with Crippen molar-refractivity contribution in [1.82, 2.24) is 0 Å². The number of hydrogen-bond acceptors (Lipinski definition) is 1. The van der Waals surface area contributed by atoms with Gasteiger partial charge in [-0.3, -0.25) is 0 Å². The molecule has 0 heterocycles. The number of allylic oxidation sites excluding steroid dienone is 2. The highest BCUT2D eigenvalue weighted by molar-refractivity contribution is 5.57. The van der Waals surface area contributed by atoms with E-state index in [9.17, 15) is 4.79 Å². The Hall–Kier alpha value is -0.590. The second-order valence-electron chi connectivity index (χ2n) is 3.19. The molecule has 0 aromatic carbocycles. The fourth-order valence-corrected chi connectivity index (χ4v) is 1.36. The summed E-state index contributed by atoms with van der Waals surface area (Å²) in [5.41, 5.74) is 1.38. The van der Waals surface area contributed by atoms with Crippen LogP contribution >= 0.6 is 0 Å². The van der Waals surface area contributed by atoms with Gasteiger partial charge in [0.25, 0.3) is 0 Å². The summed E-state index contributed by atoms with van der Waals surface area (Å²) in [7, 11) is 0. The zero-order chi connectivity index (χ0) is 7.56. The van der Waals surface area contributed by atoms with Gasteiger partial charge in [-0.05, 0) is 25.7 Å². The Morgan fingerprint density at radius 2 is 2.30 bits per heavy atom. The monoisotopic (exact) mass is 138 g/mol. The van der Waals surface area contributed by atoms with E-state index in [1.54, 1.807) is 0 Å². The molecule has 1 aliphatic rings. The van der Waals surface area contributed by atoms with Crippen LogP contribution in [0.2, 0.25) is 0 Å². The van der Waals surface area contributed by atoms with E-state index in [0.29, 0.717) is 5.92 Å². The molecular formula is C9H14O. The molecule has 1 aliphatic carbocycles. The van der Waals surface area contributed by atoms with Gasteiger partial charge in [0.05, 0.1) is 0 Å². The molecule has 0 aromatic heterocycles. The number of rotatable bonds is 1. The van der Waals surface area contributed by atoms with Gasteiger partial charge in [-0.25, -0.2) is 0 Å². The first kappa shape index (κ1) is 7.52. The standard InChI is InChI=1S/C9H14O/c1-7-3-4-9(6-10)5-8(7)2/h5-7,9H,3-4H2,1-2H3. The highest BCUT2D eigenvalue weighted by atomic mass is 16.1. The summed E-state index contributed by atoms with van der Waals surface area (Å²) < 4.78 is 0. The quantitative estimate of drug-likeness (QED) is 0.401. The van der Waals surface area contributed by atoms with E-state index >= 15 is 0 Å². The van der Waals surface area contributed by atoms with Crippen LogP contribution in [0.1, 0.15) is 26.7 Å². The van der Waals surface area contributed by atoms with Gasteiger partial charge in [-0.2, -0.15) is 0 Å². The molecule has 0 saturated carbocycles. The van der Waals surface area contributed by atoms with Crippen LogP contribution < -0.4 is 0 Å². The van der Waals surface area contributed by atoms with Gasteiger partial charge in [0.15, 0.2) is 0 Å². The van der Waals surface area contributed by atoms with Crippen molar-refractivity contribution < 1.29 is 4.79 Å². The predicted molar refractivity (Wildman–Crippen MR) is 41.7 cm³/mol. The molecule has 0 aliphatic heterocycles. The zero-order valence-corrected chi connectivity index (χ0v) is 6.63. The van der Waals surface area contributed by atoms with E-state index in [2.05, 4.69) is 19.9 Å². The maximum absolute atomic E-state index is 10.4. The van der Waals surface area contributed by atoms with Gasteiger partial charge in [-0.15, -0.1) is 0 Å². The molecule has 2 unspecified atom stereocenters. The van der Waals surface area contributed by atoms with Crippen LogP contribution in [-0.2, 0) is 4.79 Å². The fraction of sp³-hybridized carbons (Fsp3) is 0.667. The summed E-state index contributed by atoms with van der Waals surface area (Å²) in [5.74, 6) is 0.896. The molecule has 0 bridgehead atoms. The van der Waals surface area contributed by atoms with Crippen molar-refractivity contribution in [3.63, 3.8) is 0 Å². The van der Waals surface area contributed by atoms with Crippen molar-refractivity contribution in [3.05, 3.63) is 11.6 Å². The molecule has 0 spiro atoms. The van der Waals surface area contributed by atoms with E-state index in [-0.39, 0.29) is 5.92 Å². The maximum atomic E-state index is 10.4. The third kappa shape index (κ3) is 1.47. The first-order valence-corrected chi connectivity index (χ1v) is 3.87. The minimum Gasteiger partial charge on any atom is -0.303 e. The van der Waals surface area contributed by atoms with Gasteiger partial charge in [0.2, 0.25) is 0 Å². The predicted octanol–water partition coefficient (Wildman–Crippen LogP) is 2.18. The van der Waals surface area contributed by atoms with E-state index < -0.39 is 0 Å². The summed E-state index contributed by atoms with van der Waals surface area (Å²) in [4.78, 5) is 10.4. The molecule has 56 valence electrons. The third-order valence-corrected chi connectivity index (χ3v) is 2.36. The van der Waals surface area contributed by atoms with Crippen LogP contribution in [-0.4, -0.2) is 6.29 Å². The Balaban J connectivity index is 2.65. The molecule has 0 radical (unpaired) electrons. The van der Waals surface area contributed by atoms with Gasteiger partial charge in [0, 0.05) is 5.92 Å². The maximum Gasteiger partial charge on any atom is 0.126 e. The van der Waals surface area contributed by atoms with E-state index in [4.69, 9.17) is 0 Å². The largest absolute Gasteiger partial charge is 0.303 e. The Bertz CT molecular complexity index is 158. The lowest BCUT2D eigenvalue weighted by molar-refractivity contribution is -0.110. The molecule has 1 heteroatoms. The SMILES string of the molecule is CC1=CC(C=O)CCC1C. The Kier molecular flexibility index (Phi) is 2.25. The van der Waals surface area contributed by atoms with Gasteiger partial charge in [-0.1, -0.05) is 18.6 Å². The van der Waals surface area contributed by atoms with Crippen LogP contribution in [0.3, 0.4) is 0 Å². The highest BCUT2D eigenvalue weighted by Crippen LogP contribution is 2.26. The summed E-state index contributed by atoms with van der Waals surface area (Å²) in [5, 5.41) is 0. The lowest BCUT2D eigenvalue weighted by atomic mass is 9.85. The van der Waals surface area contributed by atoms with Crippen LogP contribution in [0.25, 0.3) is 0 Å². The third-order valence-electron chi connectivity index (χ3n) is 2.36. The van der Waals surface area contributed by atoms with Crippen molar-refractivity contribution in [1.29, 1.82) is 0 Å². The topological polar surface area (TPSA) is 17.1 Å². The second kappa shape index (κ2) is 3.00. The van der Waals surface area contributed by atoms with Crippen molar-refractivity contribution >= 4 is 6.29 Å². The molecule has 0 fully saturated rings. The number of hydrogen-bond donors (Lipinski definition) is 0. The van der Waals surface area contributed by atoms with Crippen LogP contribution in [0.4, 0.5) is 0 Å². The zero-order valence-electron chi connectivity index (χ0n) is 6.63. The van der Waals surface area contributed by atoms with Gasteiger partial charge in [0.1, 0.15) is 6.29 Å². The normalized spacial score (nSPS) is 33.2. The lowest BCUT2D eigenvalue weighted by Gasteiger charge is -2.20. The minimum atomic E-state index is 0.205. The lowest BCUT2D eigenvalue weighted by Crippen LogP contribution is -2.10. The van der Waals surface area contributed by atoms with Gasteiger partial charge < -0.3 is 4.79 Å². The Morgan fingerprint density at radius 3 is 2.80 bits per heavy atom. The van der Waals surface area contributed by atoms with Crippen molar-refractivity contribution in [2.24, 2.45) is 11.8 Å². The molecule has 10 heavy (non-hydrogen) atoms. The van der Waals surface area contributed by atoms with E-state index in [1.165, 1.54) is 12.0 Å². The smallest absolute Gasteiger partial charge is 0.126 e. The molecular weight excluding hydrogens is 124 g/mol. The Labute approximate surface area is 62.1 Å². The fourth-order valence-electron chi connectivity index (χ4n) is 1.36. The average Bonchev–Trinajstić information content (AvgIpc) is 1.95. The van der Waals surface area contributed by atoms with Crippen LogP contribution in [0.15, 0.2) is 11.6 Å². The molecule has 0 aromatic rings. The minimum absolute atomic E-state index is 0.205. The summed E-state index contributed by atoms with van der Waals surface area (Å²) in [6.07, 6.45) is 5.37. The Morgan fingerprint density at radius 1 is 1.60 bits per heavy atom. The van der Waals surface area contributed by atoms with Crippen molar-refractivity contribution in [2.45, 2.75) is 26.7 Å². The van der Waals surface area contributed by atoms with Crippen LogP contribution in [0, 0.1) is 11.8 Å².